The van der Waals surface area contributed by atoms with Gasteiger partial charge in [0.2, 0.25) is 6.54 Å². The summed E-state index contributed by atoms with van der Waals surface area (Å²) >= 11 is 0. The van der Waals surface area contributed by atoms with E-state index >= 15 is 0 Å². The number of hydrogen-bond acceptors (Lipinski definition) is 4. The van der Waals surface area contributed by atoms with Crippen molar-refractivity contribution in [3.8, 4) is 0 Å². The van der Waals surface area contributed by atoms with E-state index in [1.165, 1.54) is 24.3 Å². The highest BCUT2D eigenvalue weighted by Gasteiger charge is 2.22. The zero-order chi connectivity index (χ0) is 13.5. The maximum Gasteiger partial charge on any atom is 0.306 e. The van der Waals surface area contributed by atoms with Crippen molar-refractivity contribution in [1.29, 1.82) is 0 Å². The van der Waals surface area contributed by atoms with Gasteiger partial charge in [-0.25, -0.2) is 4.39 Å². The molecular weight excluding hydrogens is 241 g/mol. The lowest BCUT2D eigenvalue weighted by Gasteiger charge is -2.12. The summed E-state index contributed by atoms with van der Waals surface area (Å²) < 4.78 is 17.5. The number of halogens is 1. The number of nitrogens with zero attached hydrogens (tertiary/aromatic N) is 1. The molecule has 0 amide bonds. The van der Waals surface area contributed by atoms with Crippen molar-refractivity contribution in [2.75, 3.05) is 13.2 Å². The van der Waals surface area contributed by atoms with E-state index in [0.717, 1.165) is 0 Å². The summed E-state index contributed by atoms with van der Waals surface area (Å²) in [5.74, 6) is -1.51. The SMILES string of the molecule is CCOC(=O)CC(C[N+](=O)[O-])c1ccc(F)cc1. The van der Waals surface area contributed by atoms with E-state index < -0.39 is 22.6 Å². The fourth-order valence-electron chi connectivity index (χ4n) is 1.62. The third-order valence-corrected chi connectivity index (χ3v) is 2.43. The van der Waals surface area contributed by atoms with Gasteiger partial charge in [0.1, 0.15) is 5.82 Å². The van der Waals surface area contributed by atoms with Crippen molar-refractivity contribution in [3.63, 3.8) is 0 Å². The topological polar surface area (TPSA) is 69.4 Å². The standard InChI is InChI=1S/C12H14FNO4/c1-2-18-12(15)7-10(8-14(16)17)9-3-5-11(13)6-4-9/h3-6,10H,2,7-8H2,1H3. The fourth-order valence-corrected chi connectivity index (χ4v) is 1.62. The Morgan fingerprint density at radius 2 is 2.06 bits per heavy atom. The van der Waals surface area contributed by atoms with Crippen LogP contribution in [0.4, 0.5) is 4.39 Å². The summed E-state index contributed by atoms with van der Waals surface area (Å²) in [4.78, 5) is 21.4. The van der Waals surface area contributed by atoms with Crippen LogP contribution in [0.15, 0.2) is 24.3 Å². The molecule has 1 rings (SSSR count). The molecule has 0 N–H and O–H groups in total. The average molecular weight is 255 g/mol. The summed E-state index contributed by atoms with van der Waals surface area (Å²) in [5, 5.41) is 10.6. The normalized spacial score (nSPS) is 11.9. The van der Waals surface area contributed by atoms with Gasteiger partial charge in [0, 0.05) is 4.92 Å². The zero-order valence-electron chi connectivity index (χ0n) is 9.97. The molecule has 0 saturated carbocycles. The Kier molecular flexibility index (Phi) is 5.23. The summed E-state index contributed by atoms with van der Waals surface area (Å²) in [6.07, 6.45) is -0.0829. The summed E-state index contributed by atoms with van der Waals surface area (Å²) in [7, 11) is 0. The molecule has 0 aliphatic heterocycles. The quantitative estimate of drug-likeness (QED) is 0.443. The van der Waals surface area contributed by atoms with E-state index in [9.17, 15) is 19.3 Å². The van der Waals surface area contributed by atoms with Crippen LogP contribution in [0.25, 0.3) is 0 Å². The molecule has 0 aliphatic rings. The zero-order valence-corrected chi connectivity index (χ0v) is 9.97. The second-order valence-electron chi connectivity index (χ2n) is 3.77. The number of hydrogen-bond donors (Lipinski definition) is 0. The molecule has 0 radical (unpaired) electrons. The number of carbonyl (C=O) groups is 1. The molecule has 1 aromatic rings. The van der Waals surface area contributed by atoms with E-state index in [1.54, 1.807) is 6.92 Å². The molecule has 0 spiro atoms. The summed E-state index contributed by atoms with van der Waals surface area (Å²) in [6.45, 7) is 1.51. The minimum atomic E-state index is -0.598. The van der Waals surface area contributed by atoms with Gasteiger partial charge in [0.05, 0.1) is 18.9 Å². The van der Waals surface area contributed by atoms with Gasteiger partial charge in [-0.15, -0.1) is 0 Å². The Balaban J connectivity index is 2.80. The molecule has 0 heterocycles. The lowest BCUT2D eigenvalue weighted by molar-refractivity contribution is -0.483. The number of nitro groups is 1. The predicted molar refractivity (Wildman–Crippen MR) is 62.3 cm³/mol. The number of benzene rings is 1. The second kappa shape index (κ2) is 6.68. The van der Waals surface area contributed by atoms with Crippen molar-refractivity contribution < 1.29 is 18.8 Å². The smallest absolute Gasteiger partial charge is 0.306 e. The first-order chi connectivity index (χ1) is 8.52. The lowest BCUT2D eigenvalue weighted by Crippen LogP contribution is -2.18. The van der Waals surface area contributed by atoms with Crippen LogP contribution >= 0.6 is 0 Å². The van der Waals surface area contributed by atoms with Crippen LogP contribution < -0.4 is 0 Å². The van der Waals surface area contributed by atoms with Crippen LogP contribution in [-0.2, 0) is 9.53 Å². The molecule has 1 unspecified atom stereocenters. The van der Waals surface area contributed by atoms with E-state index in [-0.39, 0.29) is 19.6 Å². The number of esters is 1. The fraction of sp³-hybridized carbons (Fsp3) is 0.417. The van der Waals surface area contributed by atoms with Crippen molar-refractivity contribution >= 4 is 5.97 Å². The van der Waals surface area contributed by atoms with Crippen LogP contribution in [0, 0.1) is 15.9 Å². The Labute approximate surface area is 104 Å². The van der Waals surface area contributed by atoms with Crippen LogP contribution in [-0.4, -0.2) is 24.0 Å². The molecule has 5 nitrogen and oxygen atoms in total. The molecule has 0 aliphatic carbocycles. The van der Waals surface area contributed by atoms with Gasteiger partial charge >= 0.3 is 5.97 Å². The van der Waals surface area contributed by atoms with Crippen molar-refractivity contribution in [2.45, 2.75) is 19.3 Å². The summed E-state index contributed by atoms with van der Waals surface area (Å²) in [5.41, 5.74) is 0.557. The molecule has 0 fully saturated rings. The average Bonchev–Trinajstić information content (AvgIpc) is 2.28. The monoisotopic (exact) mass is 255 g/mol. The molecular formula is C12H14FNO4. The first-order valence-corrected chi connectivity index (χ1v) is 5.55. The third-order valence-electron chi connectivity index (χ3n) is 2.43. The van der Waals surface area contributed by atoms with E-state index in [2.05, 4.69) is 0 Å². The van der Waals surface area contributed by atoms with Gasteiger partial charge in [0.25, 0.3) is 0 Å². The van der Waals surface area contributed by atoms with Crippen LogP contribution in [0.1, 0.15) is 24.8 Å². The molecule has 1 atom stereocenters. The number of carbonyl (C=O) groups excluding carboxylic acids is 1. The van der Waals surface area contributed by atoms with Gasteiger partial charge in [0.15, 0.2) is 0 Å². The van der Waals surface area contributed by atoms with E-state index in [0.29, 0.717) is 5.56 Å². The maximum atomic E-state index is 12.8. The third kappa shape index (κ3) is 4.48. The minimum Gasteiger partial charge on any atom is -0.466 e. The van der Waals surface area contributed by atoms with Gasteiger partial charge < -0.3 is 4.74 Å². The number of ether oxygens (including phenoxy) is 1. The number of rotatable bonds is 6. The van der Waals surface area contributed by atoms with Crippen molar-refractivity contribution in [2.24, 2.45) is 0 Å². The van der Waals surface area contributed by atoms with Crippen LogP contribution in [0.5, 0.6) is 0 Å². The van der Waals surface area contributed by atoms with Gasteiger partial charge in [-0.05, 0) is 24.6 Å². The van der Waals surface area contributed by atoms with Crippen LogP contribution in [0.3, 0.4) is 0 Å². The predicted octanol–water partition coefficient (Wildman–Crippen LogP) is 2.14. The molecule has 1 aromatic carbocycles. The highest BCUT2D eigenvalue weighted by Crippen LogP contribution is 2.21. The molecule has 0 saturated heterocycles. The van der Waals surface area contributed by atoms with E-state index in [1.807, 2.05) is 0 Å². The largest absolute Gasteiger partial charge is 0.466 e. The van der Waals surface area contributed by atoms with E-state index in [4.69, 9.17) is 4.74 Å². The Morgan fingerprint density at radius 3 is 2.56 bits per heavy atom. The molecule has 18 heavy (non-hydrogen) atoms. The first kappa shape index (κ1) is 14.1. The van der Waals surface area contributed by atoms with Gasteiger partial charge in [-0.1, -0.05) is 12.1 Å². The molecule has 6 heteroatoms. The first-order valence-electron chi connectivity index (χ1n) is 5.55. The highest BCUT2D eigenvalue weighted by molar-refractivity contribution is 5.70. The molecule has 0 aromatic heterocycles. The molecule has 98 valence electrons. The lowest BCUT2D eigenvalue weighted by atomic mass is 9.96. The Hall–Kier alpha value is -1.98. The van der Waals surface area contributed by atoms with Gasteiger partial charge in [-0.2, -0.15) is 0 Å². The molecule has 0 bridgehead atoms. The minimum absolute atomic E-state index is 0.0829. The van der Waals surface area contributed by atoms with Gasteiger partial charge in [-0.3, -0.25) is 14.9 Å². The highest BCUT2D eigenvalue weighted by atomic mass is 19.1. The summed E-state index contributed by atoms with van der Waals surface area (Å²) in [6, 6.07) is 5.33. The second-order valence-corrected chi connectivity index (χ2v) is 3.77. The maximum absolute atomic E-state index is 12.8. The Bertz CT molecular complexity index is 419. The Morgan fingerprint density at radius 1 is 1.44 bits per heavy atom. The van der Waals surface area contributed by atoms with Crippen molar-refractivity contribution in [3.05, 3.63) is 45.8 Å². The van der Waals surface area contributed by atoms with Crippen LogP contribution in [0.2, 0.25) is 0 Å². The van der Waals surface area contributed by atoms with Crippen molar-refractivity contribution in [1.82, 2.24) is 0 Å².